The van der Waals surface area contributed by atoms with Gasteiger partial charge in [-0.1, -0.05) is 54.2 Å². The van der Waals surface area contributed by atoms with Crippen LogP contribution in [0.25, 0.3) is 11.2 Å². The number of hydrogen-bond acceptors (Lipinski definition) is 3. The molecular formula is C18H24N4OS. The van der Waals surface area contributed by atoms with E-state index in [1.54, 1.807) is 14.1 Å². The number of rotatable bonds is 4. The molecule has 0 saturated heterocycles. The second kappa shape index (κ2) is 6.20. The molecule has 128 valence electrons. The SMILES string of the molecule is C=C(Cc1ccc(C)cc1)Cc1nc2c([nH]1)c(=S)n(C)c(=O)n2C.[HH].[HH]. The van der Waals surface area contributed by atoms with Gasteiger partial charge in [0.1, 0.15) is 16.0 Å². The number of hydrogen-bond donors (Lipinski definition) is 1. The van der Waals surface area contributed by atoms with E-state index in [1.807, 2.05) is 0 Å². The average molecular weight is 344 g/mol. The van der Waals surface area contributed by atoms with Gasteiger partial charge in [0, 0.05) is 23.4 Å². The standard InChI is InChI=1S/C18H20N4OS.2H2/c1-11-5-7-13(8-6-11)9-12(2)10-14-19-15-16(20-14)21(3)18(23)22(4)17(15)24;;/h5-8H,2,9-10H2,1,3-4H3,(H,19,20);2*1H. The first kappa shape index (κ1) is 16.4. The van der Waals surface area contributed by atoms with Crippen molar-refractivity contribution < 1.29 is 2.85 Å². The Kier molecular flexibility index (Phi) is 4.24. The third-order valence-electron chi connectivity index (χ3n) is 4.14. The Bertz CT molecular complexity index is 1050. The van der Waals surface area contributed by atoms with Gasteiger partial charge in [-0.15, -0.1) is 0 Å². The fourth-order valence-corrected chi connectivity index (χ4v) is 2.97. The normalized spacial score (nSPS) is 11.1. The summed E-state index contributed by atoms with van der Waals surface area (Å²) in [5.74, 6) is 0.773. The highest BCUT2D eigenvalue weighted by Gasteiger charge is 2.12. The number of aromatic amines is 1. The zero-order valence-electron chi connectivity index (χ0n) is 14.1. The molecule has 3 aromatic rings. The van der Waals surface area contributed by atoms with E-state index in [4.69, 9.17) is 12.2 Å². The quantitative estimate of drug-likeness (QED) is 0.582. The summed E-state index contributed by atoms with van der Waals surface area (Å²) in [4.78, 5) is 19.9. The first-order valence-corrected chi connectivity index (χ1v) is 8.14. The summed E-state index contributed by atoms with van der Waals surface area (Å²) >= 11 is 5.34. The van der Waals surface area contributed by atoms with Crippen LogP contribution in [0, 0.1) is 11.6 Å². The summed E-state index contributed by atoms with van der Waals surface area (Å²) in [6.07, 6.45) is 1.42. The summed E-state index contributed by atoms with van der Waals surface area (Å²) in [6, 6.07) is 8.43. The Morgan fingerprint density at radius 1 is 1.25 bits per heavy atom. The van der Waals surface area contributed by atoms with E-state index in [2.05, 4.69) is 47.7 Å². The maximum absolute atomic E-state index is 12.1. The topological polar surface area (TPSA) is 55.6 Å². The molecule has 0 amide bonds. The largest absolute Gasteiger partial charge is 0.338 e. The maximum Gasteiger partial charge on any atom is 0.330 e. The van der Waals surface area contributed by atoms with Crippen LogP contribution in [0.4, 0.5) is 0 Å². The molecule has 0 atom stereocenters. The lowest BCUT2D eigenvalue weighted by Gasteiger charge is -2.04. The van der Waals surface area contributed by atoms with Crippen LogP contribution in [0.15, 0.2) is 41.2 Å². The van der Waals surface area contributed by atoms with Crippen LogP contribution in [-0.4, -0.2) is 19.1 Å². The van der Waals surface area contributed by atoms with Crippen molar-refractivity contribution in [3.63, 3.8) is 0 Å². The number of nitrogens with zero attached hydrogens (tertiary/aromatic N) is 3. The summed E-state index contributed by atoms with van der Waals surface area (Å²) in [6.45, 7) is 6.23. The van der Waals surface area contributed by atoms with Gasteiger partial charge < -0.3 is 4.98 Å². The van der Waals surface area contributed by atoms with Crippen LogP contribution in [0.3, 0.4) is 0 Å². The maximum atomic E-state index is 12.1. The van der Waals surface area contributed by atoms with Crippen molar-refractivity contribution in [1.29, 1.82) is 0 Å². The molecule has 2 heterocycles. The molecule has 0 unspecified atom stereocenters. The molecule has 0 aliphatic heterocycles. The zero-order chi connectivity index (χ0) is 17.4. The van der Waals surface area contributed by atoms with Gasteiger partial charge in [0.2, 0.25) is 0 Å². The lowest BCUT2D eigenvalue weighted by molar-refractivity contribution is 0.721. The van der Waals surface area contributed by atoms with Crippen molar-refractivity contribution in [2.45, 2.75) is 19.8 Å². The molecule has 24 heavy (non-hydrogen) atoms. The Labute approximate surface area is 148 Å². The molecule has 5 nitrogen and oxygen atoms in total. The fourth-order valence-electron chi connectivity index (χ4n) is 2.75. The highest BCUT2D eigenvalue weighted by molar-refractivity contribution is 7.71. The van der Waals surface area contributed by atoms with Crippen LogP contribution in [0.5, 0.6) is 0 Å². The molecule has 1 aromatic carbocycles. The molecule has 0 aliphatic carbocycles. The molecule has 0 fully saturated rings. The summed E-state index contributed by atoms with van der Waals surface area (Å²) < 4.78 is 3.42. The van der Waals surface area contributed by atoms with Gasteiger partial charge in [-0.05, 0) is 18.9 Å². The van der Waals surface area contributed by atoms with Gasteiger partial charge in [-0.3, -0.25) is 9.13 Å². The van der Waals surface area contributed by atoms with Crippen molar-refractivity contribution >= 4 is 23.4 Å². The lowest BCUT2D eigenvalue weighted by Crippen LogP contribution is -2.27. The van der Waals surface area contributed by atoms with Gasteiger partial charge in [0.15, 0.2) is 5.65 Å². The molecule has 2 aromatic heterocycles. The smallest absolute Gasteiger partial charge is 0.330 e. The van der Waals surface area contributed by atoms with E-state index in [0.717, 1.165) is 17.8 Å². The number of nitrogens with one attached hydrogen (secondary N) is 1. The van der Waals surface area contributed by atoms with Gasteiger partial charge in [0.05, 0.1) is 0 Å². The van der Waals surface area contributed by atoms with E-state index in [9.17, 15) is 4.79 Å². The summed E-state index contributed by atoms with van der Waals surface area (Å²) in [5, 5.41) is 0. The first-order chi connectivity index (χ1) is 11.4. The second-order valence-electron chi connectivity index (χ2n) is 6.18. The van der Waals surface area contributed by atoms with Crippen LogP contribution in [0.2, 0.25) is 0 Å². The predicted molar refractivity (Wildman–Crippen MR) is 103 cm³/mol. The third-order valence-corrected chi connectivity index (χ3v) is 4.61. The Hall–Kier alpha value is -2.47. The van der Waals surface area contributed by atoms with Crippen molar-refractivity contribution in [2.24, 2.45) is 14.1 Å². The van der Waals surface area contributed by atoms with E-state index in [-0.39, 0.29) is 8.54 Å². The van der Waals surface area contributed by atoms with Crippen molar-refractivity contribution in [1.82, 2.24) is 19.1 Å². The van der Waals surface area contributed by atoms with E-state index < -0.39 is 0 Å². The highest BCUT2D eigenvalue weighted by Crippen LogP contribution is 2.15. The zero-order valence-corrected chi connectivity index (χ0v) is 14.9. The Balaban J connectivity index is 0.00000169. The van der Waals surface area contributed by atoms with Gasteiger partial charge in [0.25, 0.3) is 0 Å². The van der Waals surface area contributed by atoms with E-state index >= 15 is 0 Å². The van der Waals surface area contributed by atoms with Gasteiger partial charge in [-0.25, -0.2) is 9.78 Å². The number of H-pyrrole nitrogens is 1. The Morgan fingerprint density at radius 2 is 1.92 bits per heavy atom. The molecule has 6 heteroatoms. The third kappa shape index (κ3) is 2.97. The number of aryl methyl sites for hydroxylation is 2. The highest BCUT2D eigenvalue weighted by atomic mass is 32.1. The average Bonchev–Trinajstić information content (AvgIpc) is 2.97. The summed E-state index contributed by atoms with van der Waals surface area (Å²) in [7, 11) is 3.37. The van der Waals surface area contributed by atoms with Crippen molar-refractivity contribution in [3.8, 4) is 0 Å². The van der Waals surface area contributed by atoms with Crippen molar-refractivity contribution in [2.75, 3.05) is 0 Å². The molecule has 0 aliphatic rings. The van der Waals surface area contributed by atoms with Crippen LogP contribution < -0.4 is 5.69 Å². The van der Waals surface area contributed by atoms with Gasteiger partial charge >= 0.3 is 5.69 Å². The van der Waals surface area contributed by atoms with Crippen molar-refractivity contribution in [3.05, 3.63) is 68.5 Å². The number of fused-ring (bicyclic) bond motifs is 1. The summed E-state index contributed by atoms with van der Waals surface area (Å²) in [5.41, 5.74) is 4.65. The van der Waals surface area contributed by atoms with Crippen LogP contribution >= 0.6 is 12.2 Å². The minimum Gasteiger partial charge on any atom is -0.338 e. The first-order valence-electron chi connectivity index (χ1n) is 7.73. The fraction of sp³-hybridized carbons (Fsp3) is 0.278. The monoisotopic (exact) mass is 344 g/mol. The van der Waals surface area contributed by atoms with Crippen LogP contribution in [0.1, 0.15) is 19.8 Å². The number of aromatic nitrogens is 4. The van der Waals surface area contributed by atoms with Gasteiger partial charge in [-0.2, -0.15) is 0 Å². The molecule has 0 bridgehead atoms. The number of benzene rings is 1. The molecule has 3 rings (SSSR count). The van der Waals surface area contributed by atoms with Crippen LogP contribution in [-0.2, 0) is 26.9 Å². The number of allylic oxidation sites excluding steroid dienone is 1. The Morgan fingerprint density at radius 3 is 2.58 bits per heavy atom. The minimum absolute atomic E-state index is 0. The van der Waals surface area contributed by atoms with E-state index in [1.165, 1.54) is 20.3 Å². The minimum atomic E-state index is -0.177. The molecule has 0 spiro atoms. The molecule has 0 saturated carbocycles. The molecule has 1 N–H and O–H groups in total. The molecule has 0 radical (unpaired) electrons. The lowest BCUT2D eigenvalue weighted by atomic mass is 10.0. The number of imidazole rings is 1. The second-order valence-corrected chi connectivity index (χ2v) is 6.56. The van der Waals surface area contributed by atoms with E-state index in [0.29, 0.717) is 22.2 Å². The predicted octanol–water partition coefficient (Wildman–Crippen LogP) is 3.47. The molecular weight excluding hydrogens is 320 g/mol.